The first-order valence-corrected chi connectivity index (χ1v) is 7.27. The number of amides is 1. The first-order chi connectivity index (χ1) is 10.0. The van der Waals surface area contributed by atoms with Gasteiger partial charge in [-0.3, -0.25) is 9.69 Å². The third-order valence-electron chi connectivity index (χ3n) is 2.87. The van der Waals surface area contributed by atoms with Gasteiger partial charge in [-0.25, -0.2) is 8.42 Å². The maximum atomic E-state index is 12.1. The Bertz CT molecular complexity index is 727. The minimum Gasteiger partial charge on any atom is -0.399 e. The molecule has 1 amide bonds. The maximum absolute atomic E-state index is 12.1. The lowest BCUT2D eigenvalue weighted by Crippen LogP contribution is -2.23. The van der Waals surface area contributed by atoms with E-state index >= 15 is 0 Å². The van der Waals surface area contributed by atoms with Gasteiger partial charge in [0.05, 0.1) is 4.90 Å². The molecule has 2 aromatic carbocycles. The number of carbonyl (C=O) groups is 1. The second-order valence-corrected chi connectivity index (χ2v) is 5.27. The van der Waals surface area contributed by atoms with E-state index < -0.39 is 10.7 Å². The Morgan fingerprint density at radius 3 is 1.90 bits per heavy atom. The molecular formula is C15H14N2O3S. The third-order valence-corrected chi connectivity index (χ3v) is 3.58. The van der Waals surface area contributed by atoms with Crippen molar-refractivity contribution >= 4 is 33.7 Å². The summed E-state index contributed by atoms with van der Waals surface area (Å²) in [5.74, 6) is -0.320. The van der Waals surface area contributed by atoms with Crippen molar-refractivity contribution in [3.63, 3.8) is 0 Å². The van der Waals surface area contributed by atoms with Gasteiger partial charge in [0.15, 0.2) is 10.7 Å². The second-order valence-electron chi connectivity index (χ2n) is 4.24. The zero-order valence-corrected chi connectivity index (χ0v) is 12.0. The Morgan fingerprint density at radius 2 is 1.48 bits per heavy atom. The topological polar surface area (TPSA) is 80.5 Å². The molecule has 6 heteroatoms. The first kappa shape index (κ1) is 14.8. The van der Waals surface area contributed by atoms with Crippen LogP contribution in [0.25, 0.3) is 0 Å². The fourth-order valence-corrected chi connectivity index (χ4v) is 2.23. The lowest BCUT2D eigenvalue weighted by atomic mass is 10.2. The van der Waals surface area contributed by atoms with Crippen LogP contribution >= 0.6 is 0 Å². The molecule has 2 rings (SSSR count). The Balaban J connectivity index is 2.47. The molecule has 2 N–H and O–H groups in total. The van der Waals surface area contributed by atoms with Crippen LogP contribution in [0.1, 0.15) is 0 Å². The molecular weight excluding hydrogens is 288 g/mol. The highest BCUT2D eigenvalue weighted by molar-refractivity contribution is 7.72. The number of nitrogens with zero attached hydrogens (tertiary/aromatic N) is 1. The van der Waals surface area contributed by atoms with Crippen LogP contribution in [0.15, 0.2) is 66.1 Å². The minimum atomic E-state index is -2.64. The van der Waals surface area contributed by atoms with E-state index in [2.05, 4.69) is 6.58 Å². The van der Waals surface area contributed by atoms with Crippen molar-refractivity contribution in [2.45, 2.75) is 4.90 Å². The summed E-state index contributed by atoms with van der Waals surface area (Å²) in [6, 6.07) is 12.8. The highest BCUT2D eigenvalue weighted by atomic mass is 32.2. The van der Waals surface area contributed by atoms with Crippen LogP contribution in [0.5, 0.6) is 0 Å². The SMILES string of the molecule is C=CC(=O)N(c1ccc(N)cc1)c1ccc([SH](=O)=O)cc1. The number of carbonyl (C=O) groups excluding carboxylic acids is 1. The number of benzene rings is 2. The third kappa shape index (κ3) is 3.29. The van der Waals surface area contributed by atoms with E-state index in [-0.39, 0.29) is 10.8 Å². The van der Waals surface area contributed by atoms with Gasteiger partial charge in [-0.1, -0.05) is 6.58 Å². The summed E-state index contributed by atoms with van der Waals surface area (Å²) in [5, 5.41) is 0. The van der Waals surface area contributed by atoms with Crippen LogP contribution in [-0.2, 0) is 15.5 Å². The van der Waals surface area contributed by atoms with E-state index in [1.165, 1.54) is 23.1 Å². The molecule has 0 aliphatic carbocycles. The van der Waals surface area contributed by atoms with Crippen LogP contribution in [0.4, 0.5) is 17.1 Å². The van der Waals surface area contributed by atoms with Crippen molar-refractivity contribution < 1.29 is 13.2 Å². The largest absolute Gasteiger partial charge is 0.399 e. The average molecular weight is 302 g/mol. The fourth-order valence-electron chi connectivity index (χ4n) is 1.84. The van der Waals surface area contributed by atoms with Crippen LogP contribution in [0.3, 0.4) is 0 Å². The van der Waals surface area contributed by atoms with Crippen LogP contribution in [0.2, 0.25) is 0 Å². The normalized spacial score (nSPS) is 10.3. The highest BCUT2D eigenvalue weighted by Crippen LogP contribution is 2.27. The van der Waals surface area contributed by atoms with Crippen molar-refractivity contribution in [3.05, 3.63) is 61.2 Å². The molecule has 5 nitrogen and oxygen atoms in total. The van der Waals surface area contributed by atoms with E-state index in [1.54, 1.807) is 36.4 Å². The van der Waals surface area contributed by atoms with E-state index in [1.807, 2.05) is 0 Å². The van der Waals surface area contributed by atoms with Gasteiger partial charge in [-0.05, 0) is 54.6 Å². The molecule has 0 saturated heterocycles. The minimum absolute atomic E-state index is 0.192. The lowest BCUT2D eigenvalue weighted by Gasteiger charge is -2.21. The Hall–Kier alpha value is -2.60. The summed E-state index contributed by atoms with van der Waals surface area (Å²) in [6.07, 6.45) is 1.19. The zero-order chi connectivity index (χ0) is 15.4. The van der Waals surface area contributed by atoms with E-state index in [0.29, 0.717) is 17.1 Å². The summed E-state index contributed by atoms with van der Waals surface area (Å²) in [4.78, 5) is 13.7. The van der Waals surface area contributed by atoms with Crippen LogP contribution < -0.4 is 10.6 Å². The zero-order valence-electron chi connectivity index (χ0n) is 11.1. The Kier molecular flexibility index (Phi) is 4.39. The predicted octanol–water partition coefficient (Wildman–Crippen LogP) is 2.09. The molecule has 108 valence electrons. The molecule has 0 spiro atoms. The van der Waals surface area contributed by atoms with Gasteiger partial charge in [0, 0.05) is 17.1 Å². The maximum Gasteiger partial charge on any atom is 0.254 e. The van der Waals surface area contributed by atoms with Crippen LogP contribution in [0, 0.1) is 0 Å². The van der Waals surface area contributed by atoms with E-state index in [4.69, 9.17) is 5.73 Å². The number of rotatable bonds is 4. The van der Waals surface area contributed by atoms with Crippen molar-refractivity contribution in [2.75, 3.05) is 10.6 Å². The summed E-state index contributed by atoms with van der Waals surface area (Å²) in [7, 11) is -2.64. The average Bonchev–Trinajstić information content (AvgIpc) is 2.49. The van der Waals surface area contributed by atoms with E-state index in [0.717, 1.165) is 0 Å². The number of anilines is 3. The molecule has 2 aromatic rings. The molecule has 0 radical (unpaired) electrons. The fraction of sp³-hybridized carbons (Fsp3) is 0. The first-order valence-electron chi connectivity index (χ1n) is 6.09. The highest BCUT2D eigenvalue weighted by Gasteiger charge is 2.15. The standard InChI is InChI=1S/C15H14N2O3S/c1-2-15(18)17(12-5-3-11(16)4-6-12)13-7-9-14(10-8-13)21(19)20/h2-10,21H,1,16H2. The van der Waals surface area contributed by atoms with Gasteiger partial charge in [0.25, 0.3) is 5.91 Å². The van der Waals surface area contributed by atoms with Gasteiger partial charge in [-0.2, -0.15) is 0 Å². The predicted molar refractivity (Wildman–Crippen MR) is 83.2 cm³/mol. The number of nitrogens with two attached hydrogens (primary N) is 1. The smallest absolute Gasteiger partial charge is 0.254 e. The molecule has 0 saturated carbocycles. The summed E-state index contributed by atoms with van der Waals surface area (Å²) >= 11 is 0. The van der Waals surface area contributed by atoms with E-state index in [9.17, 15) is 13.2 Å². The molecule has 0 fully saturated rings. The molecule has 0 aromatic heterocycles. The Labute approximate surface area is 124 Å². The summed E-state index contributed by atoms with van der Waals surface area (Å²) in [6.45, 7) is 3.48. The monoisotopic (exact) mass is 302 g/mol. The molecule has 0 aliphatic rings. The number of hydrogen-bond acceptors (Lipinski definition) is 4. The second kappa shape index (κ2) is 6.23. The summed E-state index contributed by atoms with van der Waals surface area (Å²) in [5.41, 5.74) is 7.39. The van der Waals surface area contributed by atoms with Crippen LogP contribution in [-0.4, -0.2) is 14.3 Å². The molecule has 0 bridgehead atoms. The van der Waals surface area contributed by atoms with Crippen molar-refractivity contribution in [1.82, 2.24) is 0 Å². The Morgan fingerprint density at radius 1 is 1.00 bits per heavy atom. The quantitative estimate of drug-likeness (QED) is 0.515. The van der Waals surface area contributed by atoms with Gasteiger partial charge < -0.3 is 5.73 Å². The molecule has 0 aliphatic heterocycles. The molecule has 0 atom stereocenters. The number of nitrogen functional groups attached to an aromatic ring is 1. The molecule has 0 heterocycles. The summed E-state index contributed by atoms with van der Waals surface area (Å²) < 4.78 is 21.8. The molecule has 0 unspecified atom stereocenters. The van der Waals surface area contributed by atoms with Gasteiger partial charge in [0.1, 0.15) is 0 Å². The molecule has 21 heavy (non-hydrogen) atoms. The van der Waals surface area contributed by atoms with Crippen molar-refractivity contribution in [2.24, 2.45) is 0 Å². The number of thiol groups is 1. The van der Waals surface area contributed by atoms with Crippen molar-refractivity contribution in [1.29, 1.82) is 0 Å². The van der Waals surface area contributed by atoms with Gasteiger partial charge in [0.2, 0.25) is 0 Å². The van der Waals surface area contributed by atoms with Gasteiger partial charge in [-0.15, -0.1) is 0 Å². The number of hydrogen-bond donors (Lipinski definition) is 2. The van der Waals surface area contributed by atoms with Gasteiger partial charge >= 0.3 is 0 Å². The lowest BCUT2D eigenvalue weighted by molar-refractivity contribution is -0.113. The van der Waals surface area contributed by atoms with Crippen molar-refractivity contribution in [3.8, 4) is 0 Å².